The van der Waals surface area contributed by atoms with E-state index < -0.39 is 29.7 Å². The average molecular weight is 895 g/mol. The van der Waals surface area contributed by atoms with Gasteiger partial charge < -0.3 is 39.4 Å². The number of likely N-dealkylation sites (tertiary alicyclic amines) is 1. The lowest BCUT2D eigenvalue weighted by molar-refractivity contribution is -0.136. The molecule has 0 spiro atoms. The number of fused-ring (bicyclic) bond motifs is 4. The highest BCUT2D eigenvalue weighted by Gasteiger charge is 2.44. The summed E-state index contributed by atoms with van der Waals surface area (Å²) in [6, 6.07) is 16.3. The Kier molecular flexibility index (Phi) is 16.6. The molecule has 1 unspecified atom stereocenters. The van der Waals surface area contributed by atoms with Gasteiger partial charge >= 0.3 is 0 Å². The van der Waals surface area contributed by atoms with Gasteiger partial charge in [0.1, 0.15) is 17.9 Å². The van der Waals surface area contributed by atoms with E-state index in [0.29, 0.717) is 24.3 Å². The summed E-state index contributed by atoms with van der Waals surface area (Å²) in [6.45, 7) is 2.86. The minimum absolute atomic E-state index is 0.0875. The Balaban J connectivity index is 0.000000721. The Labute approximate surface area is 372 Å². The zero-order valence-electron chi connectivity index (χ0n) is 35.4. The van der Waals surface area contributed by atoms with Crippen LogP contribution in [0.15, 0.2) is 73.2 Å². The number of amides is 4. The van der Waals surface area contributed by atoms with Crippen LogP contribution in [0.3, 0.4) is 0 Å². The zero-order chi connectivity index (χ0) is 46.3. The van der Waals surface area contributed by atoms with E-state index in [9.17, 15) is 19.2 Å². The molecule has 19 nitrogen and oxygen atoms in total. The fourth-order valence-electron chi connectivity index (χ4n) is 8.33. The van der Waals surface area contributed by atoms with E-state index in [2.05, 4.69) is 49.4 Å². The SMILES string of the molecule is O=C1CCC(N2C(=O)c3ccc(OCCCCCN4CCC(OC5CC(Oc6ccc(-c7ccc8c(c7)[nH]c7ccncc78)cn6)C5)CC4)cc3C2=O)C(=O)N1.O=CO.O=CO.O=CO. The van der Waals surface area contributed by atoms with E-state index in [-0.39, 0.29) is 55.6 Å². The second-order valence-electron chi connectivity index (χ2n) is 15.6. The number of ether oxygens (including phenoxy) is 3. The normalized spacial score (nSPS) is 19.3. The molecule has 1 aliphatic carbocycles. The fraction of sp³-hybridized carbons (Fsp3) is 0.370. The predicted octanol–water partition coefficient (Wildman–Crippen LogP) is 4.92. The molecule has 19 heteroatoms. The lowest BCUT2D eigenvalue weighted by Gasteiger charge is -2.39. The Hall–Kier alpha value is -7.25. The van der Waals surface area contributed by atoms with E-state index >= 15 is 0 Å². The zero-order valence-corrected chi connectivity index (χ0v) is 35.4. The largest absolute Gasteiger partial charge is 0.494 e. The lowest BCUT2D eigenvalue weighted by Crippen LogP contribution is -2.54. The Morgan fingerprint density at radius 3 is 2.15 bits per heavy atom. The van der Waals surface area contributed by atoms with E-state index in [1.54, 1.807) is 24.4 Å². The van der Waals surface area contributed by atoms with E-state index in [4.69, 9.17) is 43.9 Å². The van der Waals surface area contributed by atoms with Crippen LogP contribution < -0.4 is 14.8 Å². The summed E-state index contributed by atoms with van der Waals surface area (Å²) in [7, 11) is 0. The molecular formula is C46H50N6O13. The highest BCUT2D eigenvalue weighted by atomic mass is 16.5. The van der Waals surface area contributed by atoms with Gasteiger partial charge in [-0.05, 0) is 87.0 Å². The summed E-state index contributed by atoms with van der Waals surface area (Å²) in [6.07, 6.45) is 13.3. The number of nitrogens with zero attached hydrogens (tertiary/aromatic N) is 4. The number of unbranched alkanes of at least 4 members (excludes halogenated alkanes) is 2. The van der Waals surface area contributed by atoms with Crippen molar-refractivity contribution in [2.75, 3.05) is 26.2 Å². The van der Waals surface area contributed by atoms with Gasteiger partial charge in [0.25, 0.3) is 31.2 Å². The van der Waals surface area contributed by atoms with Crippen LogP contribution in [-0.2, 0) is 28.7 Å². The number of aromatic amines is 1. The molecule has 1 saturated carbocycles. The van der Waals surface area contributed by atoms with Gasteiger partial charge in [-0.25, -0.2) is 4.98 Å². The molecule has 9 rings (SSSR count). The number of nitrogens with one attached hydrogen (secondary N) is 2. The van der Waals surface area contributed by atoms with Gasteiger partial charge in [0.2, 0.25) is 17.7 Å². The quantitative estimate of drug-likeness (QED) is 0.0596. The number of pyridine rings is 2. The van der Waals surface area contributed by atoms with Gasteiger partial charge in [0.15, 0.2) is 0 Å². The Bertz CT molecular complexity index is 2450. The second kappa shape index (κ2) is 22.9. The van der Waals surface area contributed by atoms with Crippen LogP contribution in [0.4, 0.5) is 0 Å². The maximum atomic E-state index is 13.1. The molecule has 4 aliphatic rings. The number of rotatable bonds is 13. The summed E-state index contributed by atoms with van der Waals surface area (Å²) in [5.74, 6) is -0.906. The highest BCUT2D eigenvalue weighted by molar-refractivity contribution is 6.23. The molecule has 3 aromatic heterocycles. The molecule has 6 heterocycles. The monoisotopic (exact) mass is 894 g/mol. The number of imide groups is 2. The summed E-state index contributed by atoms with van der Waals surface area (Å²) < 4.78 is 18.5. The van der Waals surface area contributed by atoms with Crippen LogP contribution >= 0.6 is 0 Å². The number of hydrogen-bond acceptors (Lipinski definition) is 13. The number of carboxylic acid groups (broad SMARTS) is 3. The molecule has 3 aliphatic heterocycles. The average Bonchev–Trinajstić information content (AvgIpc) is 3.78. The van der Waals surface area contributed by atoms with Crippen LogP contribution in [0.1, 0.15) is 78.5 Å². The summed E-state index contributed by atoms with van der Waals surface area (Å²) in [5.41, 5.74) is 4.77. The fourth-order valence-corrected chi connectivity index (χ4v) is 8.33. The smallest absolute Gasteiger partial charge is 0.290 e. The van der Waals surface area contributed by atoms with Gasteiger partial charge in [-0.1, -0.05) is 12.1 Å². The number of H-pyrrole nitrogens is 1. The molecule has 2 aromatic carbocycles. The first-order valence-electron chi connectivity index (χ1n) is 21.2. The maximum Gasteiger partial charge on any atom is 0.290 e. The third-order valence-corrected chi connectivity index (χ3v) is 11.5. The van der Waals surface area contributed by atoms with Crippen molar-refractivity contribution in [2.45, 2.75) is 82.1 Å². The number of aromatic nitrogens is 3. The summed E-state index contributed by atoms with van der Waals surface area (Å²) in [5, 5.41) is 25.2. The molecule has 1 atom stereocenters. The standard InChI is InChI=1S/C43H44N6O7.3CH2O2/c50-39-10-9-38(41(51)47-39)49-42(52)33-8-6-29(23-34(33)43(49)53)54-19-3-1-2-16-48-17-13-28(14-18-48)55-30-21-31(22-30)56-40-11-5-27(24-45-40)26-4-7-32-35-25-44-15-12-36(35)46-37(32)20-26;3*2-1-3/h4-8,11-12,15,20,23-25,28,30-31,38,46H,1-3,9-10,13-14,16-19,21-22H2,(H,47,50,51);3*1H,(H,2,3). The van der Waals surface area contributed by atoms with Gasteiger partial charge in [-0.3, -0.25) is 48.8 Å². The number of hydrogen-bond donors (Lipinski definition) is 5. The van der Waals surface area contributed by atoms with Crippen molar-refractivity contribution < 1.29 is 63.1 Å². The minimum Gasteiger partial charge on any atom is -0.494 e. The van der Waals surface area contributed by atoms with Crippen molar-refractivity contribution in [2.24, 2.45) is 0 Å². The van der Waals surface area contributed by atoms with Crippen molar-refractivity contribution in [1.82, 2.24) is 30.1 Å². The highest BCUT2D eigenvalue weighted by Crippen LogP contribution is 2.33. The van der Waals surface area contributed by atoms with Crippen molar-refractivity contribution in [1.29, 1.82) is 0 Å². The van der Waals surface area contributed by atoms with Crippen LogP contribution in [0.2, 0.25) is 0 Å². The van der Waals surface area contributed by atoms with Crippen molar-refractivity contribution in [3.63, 3.8) is 0 Å². The first-order chi connectivity index (χ1) is 31.6. The molecule has 2 saturated heterocycles. The molecular weight excluding hydrogens is 845 g/mol. The van der Waals surface area contributed by atoms with E-state index in [0.717, 1.165) is 102 Å². The van der Waals surface area contributed by atoms with Crippen LogP contribution in [0.25, 0.3) is 32.9 Å². The number of carbonyl (C=O) groups excluding carboxylic acids is 4. The van der Waals surface area contributed by atoms with Crippen LogP contribution in [-0.4, -0.2) is 134 Å². The van der Waals surface area contributed by atoms with Gasteiger partial charge in [0, 0.05) is 84.4 Å². The molecule has 0 radical (unpaired) electrons. The van der Waals surface area contributed by atoms with Crippen LogP contribution in [0, 0.1) is 0 Å². The third-order valence-electron chi connectivity index (χ3n) is 11.5. The van der Waals surface area contributed by atoms with Crippen molar-refractivity contribution in [3.05, 3.63) is 84.3 Å². The lowest BCUT2D eigenvalue weighted by atomic mass is 9.91. The Morgan fingerprint density at radius 1 is 0.723 bits per heavy atom. The van der Waals surface area contributed by atoms with E-state index in [1.165, 1.54) is 0 Å². The first-order valence-corrected chi connectivity index (χ1v) is 21.2. The molecule has 342 valence electrons. The molecule has 3 fully saturated rings. The summed E-state index contributed by atoms with van der Waals surface area (Å²) in [4.78, 5) is 90.7. The second-order valence-corrected chi connectivity index (χ2v) is 15.6. The van der Waals surface area contributed by atoms with E-state index in [1.807, 2.05) is 24.5 Å². The van der Waals surface area contributed by atoms with Crippen LogP contribution in [0.5, 0.6) is 11.6 Å². The Morgan fingerprint density at radius 2 is 1.45 bits per heavy atom. The predicted molar refractivity (Wildman–Crippen MR) is 233 cm³/mol. The number of piperidine rings is 2. The van der Waals surface area contributed by atoms with Gasteiger partial charge in [-0.15, -0.1) is 0 Å². The van der Waals surface area contributed by atoms with Crippen molar-refractivity contribution >= 4 is 64.9 Å². The molecule has 5 N–H and O–H groups in total. The third kappa shape index (κ3) is 11.9. The molecule has 5 aromatic rings. The molecule has 65 heavy (non-hydrogen) atoms. The first kappa shape index (κ1) is 47.2. The van der Waals surface area contributed by atoms with Gasteiger partial charge in [-0.2, -0.15) is 0 Å². The van der Waals surface area contributed by atoms with Crippen molar-refractivity contribution in [3.8, 4) is 22.8 Å². The van der Waals surface area contributed by atoms with Gasteiger partial charge in [0.05, 0.1) is 29.9 Å². The molecule has 0 bridgehead atoms. The number of benzene rings is 2. The minimum atomic E-state index is -0.980. The number of carbonyl (C=O) groups is 7. The molecule has 4 amide bonds. The summed E-state index contributed by atoms with van der Waals surface area (Å²) >= 11 is 0. The topological polar surface area (TPSA) is 268 Å². The maximum absolute atomic E-state index is 13.1.